The molecule has 8 heteroatoms. The van der Waals surface area contributed by atoms with Crippen LogP contribution < -0.4 is 0 Å². The molecule has 0 N–H and O–H groups in total. The highest BCUT2D eigenvalue weighted by Crippen LogP contribution is 2.14. The van der Waals surface area contributed by atoms with Gasteiger partial charge in [-0.25, -0.2) is 4.79 Å². The zero-order valence-electron chi connectivity index (χ0n) is 18.3. The Kier molecular flexibility index (Phi) is 9.10. The maximum atomic E-state index is 12.1. The fraction of sp³-hybridized carbons (Fsp3) is 0.261. The lowest BCUT2D eigenvalue weighted by molar-refractivity contribution is -0.132. The summed E-state index contributed by atoms with van der Waals surface area (Å²) in [6.45, 7) is 5.63. The molecule has 0 spiro atoms. The van der Waals surface area contributed by atoms with E-state index in [0.29, 0.717) is 22.6 Å². The molecule has 2 aromatic rings. The van der Waals surface area contributed by atoms with Crippen molar-refractivity contribution in [2.75, 3.05) is 14.2 Å². The van der Waals surface area contributed by atoms with Gasteiger partial charge in [0.1, 0.15) is 25.1 Å². The molecule has 8 nitrogen and oxygen atoms in total. The van der Waals surface area contributed by atoms with E-state index < -0.39 is 5.97 Å². The molecule has 0 unspecified atom stereocenters. The average molecular weight is 422 g/mol. The number of hydrogen-bond acceptors (Lipinski definition) is 8. The summed E-state index contributed by atoms with van der Waals surface area (Å²) in [7, 11) is 2.64. The zero-order chi connectivity index (χ0) is 22.6. The van der Waals surface area contributed by atoms with Gasteiger partial charge in [-0.05, 0) is 20.8 Å². The molecule has 0 bridgehead atoms. The van der Waals surface area contributed by atoms with Crippen LogP contribution in [0.15, 0.2) is 75.1 Å². The van der Waals surface area contributed by atoms with Crippen LogP contribution in [-0.4, -0.2) is 43.0 Å². The SMILES string of the molecule is CON=C(C(=O)OC)c1ccccc1CON=C(C)C(=NN=C(C)C)c1ccccc1. The van der Waals surface area contributed by atoms with Gasteiger partial charge in [0.15, 0.2) is 5.71 Å². The standard InChI is InChI=1S/C23H26N4O4/c1-16(2)24-25-21(18-11-7-6-8-12-18)17(3)26-31-15-19-13-9-10-14-20(19)22(27-30-5)23(28)29-4/h6-14H,15H2,1-5H3. The second-order valence-electron chi connectivity index (χ2n) is 6.58. The van der Waals surface area contributed by atoms with Crippen LogP contribution in [-0.2, 0) is 25.8 Å². The quantitative estimate of drug-likeness (QED) is 0.347. The molecule has 0 fully saturated rings. The summed E-state index contributed by atoms with van der Waals surface area (Å²) in [6, 6.07) is 16.8. The first-order valence-corrected chi connectivity index (χ1v) is 9.56. The summed E-state index contributed by atoms with van der Waals surface area (Å²) in [5.41, 5.74) is 4.14. The van der Waals surface area contributed by atoms with Crippen LogP contribution >= 0.6 is 0 Å². The van der Waals surface area contributed by atoms with Crippen LogP contribution in [0, 0.1) is 0 Å². The number of carbonyl (C=O) groups excluding carboxylic acids is 1. The lowest BCUT2D eigenvalue weighted by atomic mass is 10.0. The molecule has 0 aliphatic rings. The third kappa shape index (κ3) is 6.88. The molecule has 0 amide bonds. The number of ether oxygens (including phenoxy) is 1. The Morgan fingerprint density at radius 3 is 2.16 bits per heavy atom. The number of rotatable bonds is 9. The average Bonchev–Trinajstić information content (AvgIpc) is 2.78. The summed E-state index contributed by atoms with van der Waals surface area (Å²) in [6.07, 6.45) is 0. The molecule has 31 heavy (non-hydrogen) atoms. The van der Waals surface area contributed by atoms with Crippen LogP contribution in [0.1, 0.15) is 37.5 Å². The van der Waals surface area contributed by atoms with Crippen molar-refractivity contribution in [3.8, 4) is 0 Å². The van der Waals surface area contributed by atoms with Gasteiger partial charge >= 0.3 is 5.97 Å². The lowest BCUT2D eigenvalue weighted by Crippen LogP contribution is -2.19. The van der Waals surface area contributed by atoms with E-state index in [-0.39, 0.29) is 12.3 Å². The summed E-state index contributed by atoms with van der Waals surface area (Å²) in [4.78, 5) is 22.5. The summed E-state index contributed by atoms with van der Waals surface area (Å²) < 4.78 is 4.80. The Morgan fingerprint density at radius 2 is 1.52 bits per heavy atom. The Labute approximate surface area is 181 Å². The summed E-state index contributed by atoms with van der Waals surface area (Å²) in [5, 5.41) is 16.5. The van der Waals surface area contributed by atoms with Gasteiger partial charge in [-0.2, -0.15) is 5.10 Å². The van der Waals surface area contributed by atoms with Crippen molar-refractivity contribution >= 4 is 28.8 Å². The second-order valence-corrected chi connectivity index (χ2v) is 6.58. The maximum Gasteiger partial charge on any atom is 0.360 e. The first-order chi connectivity index (χ1) is 15.0. The minimum atomic E-state index is -0.611. The minimum Gasteiger partial charge on any atom is -0.464 e. The van der Waals surface area contributed by atoms with Crippen molar-refractivity contribution in [3.05, 3.63) is 71.3 Å². The van der Waals surface area contributed by atoms with Crippen molar-refractivity contribution < 1.29 is 19.2 Å². The number of nitrogens with zero attached hydrogens (tertiary/aromatic N) is 4. The third-order valence-electron chi connectivity index (χ3n) is 4.00. The number of oxime groups is 2. The van der Waals surface area contributed by atoms with E-state index in [1.54, 1.807) is 19.1 Å². The molecule has 0 aromatic heterocycles. The first-order valence-electron chi connectivity index (χ1n) is 9.56. The molecule has 0 aliphatic carbocycles. The van der Waals surface area contributed by atoms with Crippen LogP contribution in [0.4, 0.5) is 0 Å². The molecule has 2 rings (SSSR count). The Hall–Kier alpha value is -3.81. The molecular formula is C23H26N4O4. The van der Waals surface area contributed by atoms with Gasteiger partial charge in [0.05, 0.1) is 7.11 Å². The van der Waals surface area contributed by atoms with E-state index in [9.17, 15) is 4.79 Å². The van der Waals surface area contributed by atoms with Crippen LogP contribution in [0.25, 0.3) is 0 Å². The summed E-state index contributed by atoms with van der Waals surface area (Å²) in [5.74, 6) is -0.611. The maximum absolute atomic E-state index is 12.1. The highest BCUT2D eigenvalue weighted by molar-refractivity contribution is 6.47. The van der Waals surface area contributed by atoms with Crippen molar-refractivity contribution in [2.24, 2.45) is 20.5 Å². The molecule has 162 valence electrons. The van der Waals surface area contributed by atoms with E-state index in [4.69, 9.17) is 14.4 Å². The molecule has 0 saturated carbocycles. The fourth-order valence-corrected chi connectivity index (χ4v) is 2.59. The smallest absolute Gasteiger partial charge is 0.360 e. The molecule has 2 aromatic carbocycles. The van der Waals surface area contributed by atoms with Gasteiger partial charge < -0.3 is 14.4 Å². The third-order valence-corrected chi connectivity index (χ3v) is 4.00. The number of benzene rings is 2. The summed E-state index contributed by atoms with van der Waals surface area (Å²) >= 11 is 0. The van der Waals surface area contributed by atoms with E-state index in [1.807, 2.05) is 56.3 Å². The Balaban J connectivity index is 2.28. The van der Waals surface area contributed by atoms with Gasteiger partial charge in [0.25, 0.3) is 0 Å². The van der Waals surface area contributed by atoms with Gasteiger partial charge in [-0.1, -0.05) is 64.9 Å². The van der Waals surface area contributed by atoms with Crippen LogP contribution in [0.2, 0.25) is 0 Å². The lowest BCUT2D eigenvalue weighted by Gasteiger charge is -2.10. The molecule has 0 radical (unpaired) electrons. The molecule has 0 heterocycles. The van der Waals surface area contributed by atoms with Crippen molar-refractivity contribution in [3.63, 3.8) is 0 Å². The highest BCUT2D eigenvalue weighted by atomic mass is 16.6. The van der Waals surface area contributed by atoms with Crippen LogP contribution in [0.5, 0.6) is 0 Å². The Morgan fingerprint density at radius 1 is 0.839 bits per heavy atom. The van der Waals surface area contributed by atoms with Gasteiger partial charge in [0, 0.05) is 22.4 Å². The van der Waals surface area contributed by atoms with Crippen molar-refractivity contribution in [1.29, 1.82) is 0 Å². The predicted molar refractivity (Wildman–Crippen MR) is 122 cm³/mol. The van der Waals surface area contributed by atoms with Crippen LogP contribution in [0.3, 0.4) is 0 Å². The van der Waals surface area contributed by atoms with Gasteiger partial charge in [-0.15, -0.1) is 5.10 Å². The molecule has 0 saturated heterocycles. The topological polar surface area (TPSA) is 94.2 Å². The zero-order valence-corrected chi connectivity index (χ0v) is 18.3. The van der Waals surface area contributed by atoms with Crippen molar-refractivity contribution in [1.82, 2.24) is 0 Å². The molecule has 0 atom stereocenters. The number of carbonyl (C=O) groups is 1. The van der Waals surface area contributed by atoms with E-state index in [1.165, 1.54) is 14.2 Å². The van der Waals surface area contributed by atoms with Gasteiger partial charge in [-0.3, -0.25) is 0 Å². The minimum absolute atomic E-state index is 0.0456. The van der Waals surface area contributed by atoms with Crippen molar-refractivity contribution in [2.45, 2.75) is 27.4 Å². The number of methoxy groups -OCH3 is 1. The van der Waals surface area contributed by atoms with Gasteiger partial charge in [0.2, 0.25) is 0 Å². The van der Waals surface area contributed by atoms with E-state index in [2.05, 4.69) is 20.5 Å². The highest BCUT2D eigenvalue weighted by Gasteiger charge is 2.19. The largest absolute Gasteiger partial charge is 0.464 e. The normalized spacial score (nSPS) is 12.2. The fourth-order valence-electron chi connectivity index (χ4n) is 2.59. The molecule has 0 aliphatic heterocycles. The van der Waals surface area contributed by atoms with E-state index in [0.717, 1.165) is 11.3 Å². The monoisotopic (exact) mass is 422 g/mol. The molecular weight excluding hydrogens is 396 g/mol. The van der Waals surface area contributed by atoms with E-state index >= 15 is 0 Å². The Bertz CT molecular complexity index is 1010. The predicted octanol–water partition coefficient (Wildman–Crippen LogP) is 3.99. The number of hydrogen-bond donors (Lipinski definition) is 0. The number of esters is 1. The first kappa shape index (κ1) is 23.5. The second kappa shape index (κ2) is 12.0.